The van der Waals surface area contributed by atoms with Crippen molar-refractivity contribution in [1.29, 1.82) is 0 Å². The maximum atomic E-state index is 13.9. The molecule has 1 amide bonds. The predicted molar refractivity (Wildman–Crippen MR) is 113 cm³/mol. The van der Waals surface area contributed by atoms with Crippen LogP contribution in [0.3, 0.4) is 0 Å². The fraction of sp³-hybridized carbons (Fsp3) is 0.250. The Morgan fingerprint density at radius 1 is 1.31 bits per heavy atom. The summed E-state index contributed by atoms with van der Waals surface area (Å²) in [5, 5.41) is 11.5. The van der Waals surface area contributed by atoms with Crippen molar-refractivity contribution in [3.63, 3.8) is 0 Å². The zero-order valence-electron chi connectivity index (χ0n) is 16.1. The van der Waals surface area contributed by atoms with E-state index in [0.29, 0.717) is 23.3 Å². The summed E-state index contributed by atoms with van der Waals surface area (Å²) in [4.78, 5) is 12.5. The SMILES string of the molecule is CCn1c(SC(C)C(=O)Nc2ccc(Cl)cc2F)nnc1-c1ccccc1OC. The van der Waals surface area contributed by atoms with Crippen LogP contribution in [0.2, 0.25) is 5.02 Å². The average molecular weight is 435 g/mol. The number of thioether (sulfide) groups is 1. The molecule has 2 aromatic carbocycles. The summed E-state index contributed by atoms with van der Waals surface area (Å²) >= 11 is 7.00. The highest BCUT2D eigenvalue weighted by Crippen LogP contribution is 2.32. The van der Waals surface area contributed by atoms with Crippen LogP contribution in [-0.4, -0.2) is 33.0 Å². The topological polar surface area (TPSA) is 69.0 Å². The van der Waals surface area contributed by atoms with Crippen LogP contribution in [0.5, 0.6) is 5.75 Å². The van der Waals surface area contributed by atoms with Crippen LogP contribution >= 0.6 is 23.4 Å². The maximum Gasteiger partial charge on any atom is 0.237 e. The number of carbonyl (C=O) groups is 1. The van der Waals surface area contributed by atoms with Crippen molar-refractivity contribution >= 4 is 35.0 Å². The molecule has 1 unspecified atom stereocenters. The number of hydrogen-bond acceptors (Lipinski definition) is 5. The molecule has 0 saturated heterocycles. The number of amides is 1. The van der Waals surface area contributed by atoms with Crippen LogP contribution in [0.4, 0.5) is 10.1 Å². The highest BCUT2D eigenvalue weighted by Gasteiger charge is 2.22. The van der Waals surface area contributed by atoms with Gasteiger partial charge < -0.3 is 14.6 Å². The first kappa shape index (κ1) is 21.1. The maximum absolute atomic E-state index is 13.9. The van der Waals surface area contributed by atoms with E-state index >= 15 is 0 Å². The number of nitrogens with one attached hydrogen (secondary N) is 1. The summed E-state index contributed by atoms with van der Waals surface area (Å²) in [6.45, 7) is 4.31. The Morgan fingerprint density at radius 2 is 2.07 bits per heavy atom. The second kappa shape index (κ2) is 9.28. The fourth-order valence-electron chi connectivity index (χ4n) is 2.73. The van der Waals surface area contributed by atoms with Gasteiger partial charge in [-0.05, 0) is 44.2 Å². The number of aromatic nitrogens is 3. The minimum absolute atomic E-state index is 0.0820. The zero-order valence-corrected chi connectivity index (χ0v) is 17.7. The summed E-state index contributed by atoms with van der Waals surface area (Å²) in [6.07, 6.45) is 0. The Hall–Kier alpha value is -2.58. The van der Waals surface area contributed by atoms with Crippen LogP contribution in [-0.2, 0) is 11.3 Å². The number of nitrogens with zero attached hydrogens (tertiary/aromatic N) is 3. The van der Waals surface area contributed by atoms with E-state index in [9.17, 15) is 9.18 Å². The molecule has 1 N–H and O–H groups in total. The van der Waals surface area contributed by atoms with E-state index in [1.54, 1.807) is 14.0 Å². The lowest BCUT2D eigenvalue weighted by Gasteiger charge is -2.14. The van der Waals surface area contributed by atoms with Gasteiger partial charge in [-0.25, -0.2) is 4.39 Å². The highest BCUT2D eigenvalue weighted by molar-refractivity contribution is 8.00. The number of rotatable bonds is 7. The predicted octanol–water partition coefficient (Wildman–Crippen LogP) is 4.89. The molecule has 3 rings (SSSR count). The summed E-state index contributed by atoms with van der Waals surface area (Å²) < 4.78 is 21.3. The Kier molecular flexibility index (Phi) is 6.76. The van der Waals surface area contributed by atoms with E-state index in [1.165, 1.54) is 23.9 Å². The fourth-order valence-corrected chi connectivity index (χ4v) is 3.80. The number of benzene rings is 2. The largest absolute Gasteiger partial charge is 0.496 e. The van der Waals surface area contributed by atoms with Gasteiger partial charge in [-0.2, -0.15) is 0 Å². The van der Waals surface area contributed by atoms with Crippen molar-refractivity contribution in [2.45, 2.75) is 30.8 Å². The van der Waals surface area contributed by atoms with Crippen LogP contribution in [0, 0.1) is 5.82 Å². The first-order valence-electron chi connectivity index (χ1n) is 8.93. The summed E-state index contributed by atoms with van der Waals surface area (Å²) in [5.41, 5.74) is 0.898. The molecule has 29 heavy (non-hydrogen) atoms. The monoisotopic (exact) mass is 434 g/mol. The first-order valence-corrected chi connectivity index (χ1v) is 10.2. The van der Waals surface area contributed by atoms with Crippen molar-refractivity contribution in [3.8, 4) is 17.1 Å². The molecule has 0 aliphatic rings. The molecule has 0 bridgehead atoms. The van der Waals surface area contributed by atoms with Crippen molar-refractivity contribution in [3.05, 3.63) is 53.3 Å². The molecule has 0 radical (unpaired) electrons. The van der Waals surface area contributed by atoms with Crippen molar-refractivity contribution in [1.82, 2.24) is 14.8 Å². The van der Waals surface area contributed by atoms with Gasteiger partial charge in [-0.3, -0.25) is 4.79 Å². The summed E-state index contributed by atoms with van der Waals surface area (Å²) in [5.74, 6) is 0.415. The molecule has 1 atom stereocenters. The molecule has 0 saturated carbocycles. The van der Waals surface area contributed by atoms with Crippen molar-refractivity contribution in [2.24, 2.45) is 0 Å². The number of ether oxygens (including phenoxy) is 1. The van der Waals surface area contributed by atoms with E-state index < -0.39 is 11.1 Å². The molecule has 9 heteroatoms. The third kappa shape index (κ3) is 4.71. The molecule has 0 aliphatic heterocycles. The van der Waals surface area contributed by atoms with Crippen molar-refractivity contribution < 1.29 is 13.9 Å². The molecular weight excluding hydrogens is 415 g/mol. The minimum Gasteiger partial charge on any atom is -0.496 e. The normalized spacial score (nSPS) is 11.9. The highest BCUT2D eigenvalue weighted by atomic mass is 35.5. The lowest BCUT2D eigenvalue weighted by Crippen LogP contribution is -2.23. The van der Waals surface area contributed by atoms with E-state index in [0.717, 1.165) is 11.6 Å². The molecule has 3 aromatic rings. The Bertz CT molecular complexity index is 1030. The third-order valence-electron chi connectivity index (χ3n) is 4.22. The summed E-state index contributed by atoms with van der Waals surface area (Å²) in [7, 11) is 1.60. The molecule has 0 aliphatic carbocycles. The van der Waals surface area contributed by atoms with Crippen LogP contribution in [0.1, 0.15) is 13.8 Å². The average Bonchev–Trinajstić information content (AvgIpc) is 3.12. The number of halogens is 2. The van der Waals surface area contributed by atoms with E-state index in [-0.39, 0.29) is 16.6 Å². The van der Waals surface area contributed by atoms with Gasteiger partial charge in [-0.15, -0.1) is 10.2 Å². The first-order chi connectivity index (χ1) is 13.9. The second-order valence-corrected chi connectivity index (χ2v) is 7.87. The standard InChI is InChI=1S/C20H20ClFN4O2S/c1-4-26-18(14-7-5-6-8-17(14)28-3)24-25-20(26)29-12(2)19(27)23-16-10-9-13(21)11-15(16)22/h5-12H,4H2,1-3H3,(H,23,27). The molecule has 0 fully saturated rings. The Balaban J connectivity index is 1.79. The second-order valence-electron chi connectivity index (χ2n) is 6.12. The zero-order chi connectivity index (χ0) is 21.0. The van der Waals surface area contributed by atoms with E-state index in [4.69, 9.17) is 16.3 Å². The van der Waals surface area contributed by atoms with E-state index in [1.807, 2.05) is 35.8 Å². The number of methoxy groups -OCH3 is 1. The van der Waals surface area contributed by atoms with Crippen molar-refractivity contribution in [2.75, 3.05) is 12.4 Å². The van der Waals surface area contributed by atoms with Gasteiger partial charge in [0.05, 0.1) is 23.6 Å². The van der Waals surface area contributed by atoms with Gasteiger partial charge in [0.1, 0.15) is 11.6 Å². The number of carbonyl (C=O) groups excluding carboxylic acids is 1. The smallest absolute Gasteiger partial charge is 0.237 e. The molecular formula is C20H20ClFN4O2S. The Morgan fingerprint density at radius 3 is 2.76 bits per heavy atom. The van der Waals surface area contributed by atoms with Gasteiger partial charge in [0.2, 0.25) is 5.91 Å². The lowest BCUT2D eigenvalue weighted by molar-refractivity contribution is -0.115. The summed E-state index contributed by atoms with van der Waals surface area (Å²) in [6, 6.07) is 11.6. The van der Waals surface area contributed by atoms with E-state index in [2.05, 4.69) is 15.5 Å². The molecule has 1 aromatic heterocycles. The quantitative estimate of drug-likeness (QED) is 0.536. The van der Waals surface area contributed by atoms with Gasteiger partial charge in [0.15, 0.2) is 11.0 Å². The van der Waals surface area contributed by atoms with Crippen LogP contribution < -0.4 is 10.1 Å². The van der Waals surface area contributed by atoms with Gasteiger partial charge >= 0.3 is 0 Å². The third-order valence-corrected chi connectivity index (χ3v) is 5.54. The van der Waals surface area contributed by atoms with Gasteiger partial charge in [0.25, 0.3) is 0 Å². The van der Waals surface area contributed by atoms with Crippen LogP contribution in [0.15, 0.2) is 47.6 Å². The minimum atomic E-state index is -0.585. The number of hydrogen-bond donors (Lipinski definition) is 1. The molecule has 152 valence electrons. The Labute approximate surface area is 177 Å². The lowest BCUT2D eigenvalue weighted by atomic mass is 10.2. The van der Waals surface area contributed by atoms with Gasteiger partial charge in [-0.1, -0.05) is 35.5 Å². The molecule has 0 spiro atoms. The van der Waals surface area contributed by atoms with Crippen LogP contribution in [0.25, 0.3) is 11.4 Å². The number of anilines is 1. The number of para-hydroxylation sites is 1. The van der Waals surface area contributed by atoms with Gasteiger partial charge in [0, 0.05) is 11.6 Å². The molecule has 6 nitrogen and oxygen atoms in total. The molecule has 1 heterocycles.